The monoisotopic (exact) mass is 241 g/mol. The molecule has 1 aliphatic carbocycles. The van der Waals surface area contributed by atoms with Gasteiger partial charge < -0.3 is 9.84 Å². The summed E-state index contributed by atoms with van der Waals surface area (Å²) in [5.41, 5.74) is 0.467. The van der Waals surface area contributed by atoms with Gasteiger partial charge in [0.15, 0.2) is 6.10 Å². The van der Waals surface area contributed by atoms with Crippen LogP contribution in [0.3, 0.4) is 0 Å². The first-order valence-electron chi connectivity index (χ1n) is 6.56. The Labute approximate surface area is 103 Å². The lowest BCUT2D eigenvalue weighted by molar-refractivity contribution is -0.157. The molecule has 1 atom stereocenters. The highest BCUT2D eigenvalue weighted by molar-refractivity contribution is 5.72. The molecule has 1 saturated carbocycles. The van der Waals surface area contributed by atoms with Crippen molar-refractivity contribution in [3.8, 4) is 0 Å². The van der Waals surface area contributed by atoms with Crippen LogP contribution in [0.2, 0.25) is 0 Å². The van der Waals surface area contributed by atoms with Crippen molar-refractivity contribution in [2.24, 2.45) is 5.41 Å². The SMILES string of the molecule is CC1(C)CCC(N2CCOC(C(=O)O)C2)CC1. The number of rotatable bonds is 2. The number of carboxylic acid groups (broad SMARTS) is 1. The summed E-state index contributed by atoms with van der Waals surface area (Å²) in [5.74, 6) is -0.828. The van der Waals surface area contributed by atoms with E-state index in [-0.39, 0.29) is 0 Å². The minimum absolute atomic E-state index is 0.467. The zero-order valence-electron chi connectivity index (χ0n) is 10.8. The van der Waals surface area contributed by atoms with Crippen LogP contribution in [-0.2, 0) is 9.53 Å². The zero-order valence-corrected chi connectivity index (χ0v) is 10.8. The van der Waals surface area contributed by atoms with Crippen molar-refractivity contribution in [1.82, 2.24) is 4.90 Å². The summed E-state index contributed by atoms with van der Waals surface area (Å²) in [5, 5.41) is 8.99. The first kappa shape index (κ1) is 12.8. The number of carboxylic acids is 1. The predicted octanol–water partition coefficient (Wildman–Crippen LogP) is 1.74. The maximum Gasteiger partial charge on any atom is 0.334 e. The number of hydrogen-bond acceptors (Lipinski definition) is 3. The molecule has 1 heterocycles. The summed E-state index contributed by atoms with van der Waals surface area (Å²) >= 11 is 0. The second-order valence-corrected chi connectivity index (χ2v) is 6.09. The topological polar surface area (TPSA) is 49.8 Å². The molecule has 2 fully saturated rings. The van der Waals surface area contributed by atoms with Gasteiger partial charge in [-0.2, -0.15) is 0 Å². The second-order valence-electron chi connectivity index (χ2n) is 6.09. The maximum absolute atomic E-state index is 10.9. The van der Waals surface area contributed by atoms with Crippen LogP contribution in [0, 0.1) is 5.41 Å². The first-order valence-corrected chi connectivity index (χ1v) is 6.56. The lowest BCUT2D eigenvalue weighted by Gasteiger charge is -2.42. The molecule has 0 spiro atoms. The highest BCUT2D eigenvalue weighted by Crippen LogP contribution is 2.37. The van der Waals surface area contributed by atoms with Crippen molar-refractivity contribution >= 4 is 5.97 Å². The summed E-state index contributed by atoms with van der Waals surface area (Å²) in [6.07, 6.45) is 4.25. The van der Waals surface area contributed by atoms with E-state index in [1.807, 2.05) is 0 Å². The molecular formula is C13H23NO3. The Kier molecular flexibility index (Phi) is 3.73. The Hall–Kier alpha value is -0.610. The van der Waals surface area contributed by atoms with Crippen molar-refractivity contribution in [3.05, 3.63) is 0 Å². The fourth-order valence-corrected chi connectivity index (χ4v) is 2.90. The number of carbonyl (C=O) groups is 1. The summed E-state index contributed by atoms with van der Waals surface area (Å²) in [6, 6.07) is 0.564. The van der Waals surface area contributed by atoms with Gasteiger partial charge in [-0.3, -0.25) is 4.90 Å². The van der Waals surface area contributed by atoms with E-state index in [2.05, 4.69) is 18.7 Å². The molecule has 4 nitrogen and oxygen atoms in total. The number of hydrogen-bond donors (Lipinski definition) is 1. The number of ether oxygens (including phenoxy) is 1. The molecule has 0 radical (unpaired) electrons. The smallest absolute Gasteiger partial charge is 0.334 e. The van der Waals surface area contributed by atoms with Gasteiger partial charge in [-0.25, -0.2) is 4.79 Å². The van der Waals surface area contributed by atoms with E-state index in [0.29, 0.717) is 24.6 Å². The molecule has 1 aliphatic heterocycles. The summed E-state index contributed by atoms with van der Waals surface area (Å²) in [4.78, 5) is 13.3. The van der Waals surface area contributed by atoms with Crippen LogP contribution >= 0.6 is 0 Å². The Morgan fingerprint density at radius 1 is 1.35 bits per heavy atom. The standard InChI is InChI=1S/C13H23NO3/c1-13(2)5-3-10(4-6-13)14-7-8-17-11(9-14)12(15)16/h10-11H,3-9H2,1-2H3,(H,15,16). The normalized spacial score (nSPS) is 31.3. The Morgan fingerprint density at radius 3 is 2.59 bits per heavy atom. The predicted molar refractivity (Wildman–Crippen MR) is 65.0 cm³/mol. The number of aliphatic carboxylic acids is 1. The van der Waals surface area contributed by atoms with Gasteiger partial charge in [0.05, 0.1) is 6.61 Å². The number of morpholine rings is 1. The summed E-state index contributed by atoms with van der Waals surface area (Å²) in [7, 11) is 0. The highest BCUT2D eigenvalue weighted by atomic mass is 16.5. The van der Waals surface area contributed by atoms with E-state index in [9.17, 15) is 4.79 Å². The van der Waals surface area contributed by atoms with E-state index in [4.69, 9.17) is 9.84 Å². The van der Waals surface area contributed by atoms with Crippen LogP contribution in [-0.4, -0.2) is 47.8 Å². The molecule has 1 saturated heterocycles. The maximum atomic E-state index is 10.9. The third kappa shape index (κ3) is 3.19. The van der Waals surface area contributed by atoms with Gasteiger partial charge in [-0.15, -0.1) is 0 Å². The van der Waals surface area contributed by atoms with Gasteiger partial charge in [0.25, 0.3) is 0 Å². The lowest BCUT2D eigenvalue weighted by Crippen LogP contribution is -2.51. The fraction of sp³-hybridized carbons (Fsp3) is 0.923. The molecule has 0 aromatic rings. The van der Waals surface area contributed by atoms with Crippen LogP contribution < -0.4 is 0 Å². The minimum atomic E-state index is -0.828. The Morgan fingerprint density at radius 2 is 2.00 bits per heavy atom. The van der Waals surface area contributed by atoms with Crippen molar-refractivity contribution in [1.29, 1.82) is 0 Å². The molecular weight excluding hydrogens is 218 g/mol. The van der Waals surface area contributed by atoms with E-state index in [1.54, 1.807) is 0 Å². The minimum Gasteiger partial charge on any atom is -0.479 e. The molecule has 0 aromatic heterocycles. The van der Waals surface area contributed by atoms with Crippen molar-refractivity contribution in [2.45, 2.75) is 51.7 Å². The second kappa shape index (κ2) is 4.94. The third-order valence-electron chi connectivity index (χ3n) is 4.20. The van der Waals surface area contributed by atoms with Crippen LogP contribution in [0.5, 0.6) is 0 Å². The van der Waals surface area contributed by atoms with Gasteiger partial charge in [0, 0.05) is 19.1 Å². The van der Waals surface area contributed by atoms with Gasteiger partial charge in [-0.05, 0) is 31.1 Å². The van der Waals surface area contributed by atoms with Gasteiger partial charge in [0.2, 0.25) is 0 Å². The first-order chi connectivity index (χ1) is 7.98. The molecule has 4 heteroatoms. The van der Waals surface area contributed by atoms with Crippen molar-refractivity contribution in [2.75, 3.05) is 19.7 Å². The Bertz CT molecular complexity index is 280. The van der Waals surface area contributed by atoms with E-state index < -0.39 is 12.1 Å². The van der Waals surface area contributed by atoms with Crippen LogP contribution in [0.1, 0.15) is 39.5 Å². The quantitative estimate of drug-likeness (QED) is 0.800. The molecule has 0 bridgehead atoms. The molecule has 2 rings (SSSR count). The van der Waals surface area contributed by atoms with Gasteiger partial charge >= 0.3 is 5.97 Å². The number of nitrogens with zero attached hydrogens (tertiary/aromatic N) is 1. The third-order valence-corrected chi connectivity index (χ3v) is 4.20. The molecule has 1 unspecified atom stereocenters. The van der Waals surface area contributed by atoms with Crippen LogP contribution in [0.4, 0.5) is 0 Å². The molecule has 0 aromatic carbocycles. The van der Waals surface area contributed by atoms with Crippen molar-refractivity contribution in [3.63, 3.8) is 0 Å². The molecule has 2 aliphatic rings. The summed E-state index contributed by atoms with van der Waals surface area (Å²) < 4.78 is 5.26. The largest absolute Gasteiger partial charge is 0.479 e. The lowest BCUT2D eigenvalue weighted by atomic mass is 9.75. The molecule has 17 heavy (non-hydrogen) atoms. The van der Waals surface area contributed by atoms with E-state index >= 15 is 0 Å². The molecule has 98 valence electrons. The van der Waals surface area contributed by atoms with Gasteiger partial charge in [0.1, 0.15) is 0 Å². The van der Waals surface area contributed by atoms with Crippen LogP contribution in [0.25, 0.3) is 0 Å². The van der Waals surface area contributed by atoms with E-state index in [1.165, 1.54) is 25.7 Å². The van der Waals surface area contributed by atoms with E-state index in [0.717, 1.165) is 6.54 Å². The fourth-order valence-electron chi connectivity index (χ4n) is 2.90. The van der Waals surface area contributed by atoms with Gasteiger partial charge in [-0.1, -0.05) is 13.8 Å². The highest BCUT2D eigenvalue weighted by Gasteiger charge is 2.34. The average molecular weight is 241 g/mol. The molecule has 1 N–H and O–H groups in total. The Balaban J connectivity index is 1.88. The summed E-state index contributed by atoms with van der Waals surface area (Å²) in [6.45, 7) is 6.64. The zero-order chi connectivity index (χ0) is 12.5. The molecule has 0 amide bonds. The van der Waals surface area contributed by atoms with Crippen LogP contribution in [0.15, 0.2) is 0 Å². The average Bonchev–Trinajstić information content (AvgIpc) is 2.29. The van der Waals surface area contributed by atoms with Crippen molar-refractivity contribution < 1.29 is 14.6 Å².